The lowest BCUT2D eigenvalue weighted by Crippen LogP contribution is -1.97. The molecule has 0 radical (unpaired) electrons. The fraction of sp³-hybridized carbons (Fsp3) is 0.857. The normalized spacial score (nSPS) is 11.3. The van der Waals surface area contributed by atoms with Crippen molar-refractivity contribution < 1.29 is 0 Å². The molecule has 0 atom stereocenters. The van der Waals surface area contributed by atoms with Crippen LogP contribution in [0.1, 0.15) is 71.1 Å². The summed E-state index contributed by atoms with van der Waals surface area (Å²) >= 11 is 0. The summed E-state index contributed by atoms with van der Waals surface area (Å²) in [7, 11) is 0. The topological polar surface area (TPSA) is 26.0 Å². The maximum Gasteiger partial charge on any atom is -0.00773 e. The van der Waals surface area contributed by atoms with Gasteiger partial charge >= 0.3 is 0 Å². The lowest BCUT2D eigenvalue weighted by Gasteiger charge is -1.98. The Morgan fingerprint density at radius 1 is 0.733 bits per heavy atom. The molecule has 0 amide bonds. The number of rotatable bonds is 11. The van der Waals surface area contributed by atoms with Crippen LogP contribution in [0.25, 0.3) is 0 Å². The summed E-state index contributed by atoms with van der Waals surface area (Å²) in [5.74, 6) is 0. The highest BCUT2D eigenvalue weighted by Crippen LogP contribution is 2.07. The number of hydrogen-bond acceptors (Lipinski definition) is 1. The molecule has 0 fully saturated rings. The van der Waals surface area contributed by atoms with Crippen LogP contribution in [0.2, 0.25) is 0 Å². The molecule has 0 aliphatic heterocycles. The van der Waals surface area contributed by atoms with E-state index in [0.717, 1.165) is 6.54 Å². The van der Waals surface area contributed by atoms with Crippen molar-refractivity contribution in [3.63, 3.8) is 0 Å². The van der Waals surface area contributed by atoms with Gasteiger partial charge in [-0.05, 0) is 32.2 Å². The molecule has 0 unspecified atom stereocenters. The summed E-state index contributed by atoms with van der Waals surface area (Å²) in [6.07, 6.45) is 18.0. The van der Waals surface area contributed by atoms with Gasteiger partial charge in [-0.25, -0.2) is 0 Å². The molecular formula is C14H29N. The van der Waals surface area contributed by atoms with E-state index in [9.17, 15) is 0 Å². The van der Waals surface area contributed by atoms with Crippen LogP contribution in [0.4, 0.5) is 0 Å². The van der Waals surface area contributed by atoms with E-state index < -0.39 is 0 Å². The lowest BCUT2D eigenvalue weighted by molar-refractivity contribution is 0.600. The fourth-order valence-corrected chi connectivity index (χ4v) is 1.67. The Labute approximate surface area is 96.1 Å². The zero-order valence-corrected chi connectivity index (χ0v) is 10.5. The first kappa shape index (κ1) is 14.7. The first-order valence-electron chi connectivity index (χ1n) is 6.77. The Balaban J connectivity index is 2.95. The highest BCUT2D eigenvalue weighted by atomic mass is 14.5. The highest BCUT2D eigenvalue weighted by molar-refractivity contribution is 4.80. The summed E-state index contributed by atoms with van der Waals surface area (Å²) in [5.41, 5.74) is 5.44. The summed E-state index contributed by atoms with van der Waals surface area (Å²) < 4.78 is 0. The van der Waals surface area contributed by atoms with Crippen LogP contribution in [-0.4, -0.2) is 6.54 Å². The number of unbranched alkanes of at least 4 members (excludes halogenated alkanes) is 8. The van der Waals surface area contributed by atoms with Crippen LogP contribution in [0, 0.1) is 0 Å². The van der Waals surface area contributed by atoms with Gasteiger partial charge in [-0.3, -0.25) is 0 Å². The van der Waals surface area contributed by atoms with Crippen molar-refractivity contribution in [2.45, 2.75) is 71.1 Å². The van der Waals surface area contributed by atoms with Crippen LogP contribution in [0.15, 0.2) is 12.2 Å². The molecule has 0 aromatic carbocycles. The maximum atomic E-state index is 5.44. The van der Waals surface area contributed by atoms with Crippen LogP contribution in [0.3, 0.4) is 0 Å². The molecule has 0 spiro atoms. The van der Waals surface area contributed by atoms with Crippen LogP contribution in [0.5, 0.6) is 0 Å². The Morgan fingerprint density at radius 3 is 1.87 bits per heavy atom. The van der Waals surface area contributed by atoms with E-state index in [1.165, 1.54) is 64.2 Å². The summed E-state index contributed by atoms with van der Waals surface area (Å²) in [6.45, 7) is 3.11. The van der Waals surface area contributed by atoms with Crippen molar-refractivity contribution in [1.82, 2.24) is 0 Å². The summed E-state index contributed by atoms with van der Waals surface area (Å²) in [6, 6.07) is 0. The van der Waals surface area contributed by atoms with Gasteiger partial charge in [-0.2, -0.15) is 0 Å². The van der Waals surface area contributed by atoms with E-state index >= 15 is 0 Å². The van der Waals surface area contributed by atoms with Gasteiger partial charge in [0, 0.05) is 0 Å². The molecule has 0 saturated heterocycles. The molecular weight excluding hydrogens is 182 g/mol. The van der Waals surface area contributed by atoms with Gasteiger partial charge in [-0.1, -0.05) is 57.6 Å². The minimum Gasteiger partial charge on any atom is -0.330 e. The Bertz CT molecular complexity index is 129. The standard InChI is InChI=1S/C14H29N/c1-2-3-4-5-6-7-8-9-10-11-12-13-14-15/h5-6H,2-4,7-15H2,1H3/b6-5-. The largest absolute Gasteiger partial charge is 0.330 e. The van der Waals surface area contributed by atoms with E-state index in [1.54, 1.807) is 0 Å². The number of allylic oxidation sites excluding steroid dienone is 2. The molecule has 0 heterocycles. The number of hydrogen-bond donors (Lipinski definition) is 1. The third-order valence-corrected chi connectivity index (χ3v) is 2.72. The second kappa shape index (κ2) is 13.7. The van der Waals surface area contributed by atoms with E-state index in [4.69, 9.17) is 5.73 Å². The molecule has 15 heavy (non-hydrogen) atoms. The molecule has 90 valence electrons. The minimum atomic E-state index is 0.861. The molecule has 0 aliphatic rings. The monoisotopic (exact) mass is 211 g/mol. The SMILES string of the molecule is CCCC/C=C\CCCCCCCCN. The van der Waals surface area contributed by atoms with Crippen molar-refractivity contribution in [2.75, 3.05) is 6.54 Å². The molecule has 0 saturated carbocycles. The van der Waals surface area contributed by atoms with Gasteiger partial charge in [0.2, 0.25) is 0 Å². The molecule has 1 nitrogen and oxygen atoms in total. The molecule has 0 rings (SSSR count). The Hall–Kier alpha value is -0.300. The van der Waals surface area contributed by atoms with E-state index in [1.807, 2.05) is 0 Å². The van der Waals surface area contributed by atoms with Gasteiger partial charge in [0.15, 0.2) is 0 Å². The first-order valence-corrected chi connectivity index (χ1v) is 6.77. The maximum absolute atomic E-state index is 5.44. The van der Waals surface area contributed by atoms with Gasteiger partial charge in [-0.15, -0.1) is 0 Å². The van der Waals surface area contributed by atoms with Crippen LogP contribution >= 0.6 is 0 Å². The highest BCUT2D eigenvalue weighted by Gasteiger charge is 1.89. The average molecular weight is 211 g/mol. The smallest absolute Gasteiger partial charge is 0.00773 e. The van der Waals surface area contributed by atoms with Crippen molar-refractivity contribution >= 4 is 0 Å². The van der Waals surface area contributed by atoms with Crippen LogP contribution in [-0.2, 0) is 0 Å². The summed E-state index contributed by atoms with van der Waals surface area (Å²) in [5, 5.41) is 0. The van der Waals surface area contributed by atoms with Crippen molar-refractivity contribution in [1.29, 1.82) is 0 Å². The molecule has 2 N–H and O–H groups in total. The van der Waals surface area contributed by atoms with Crippen molar-refractivity contribution in [3.05, 3.63) is 12.2 Å². The molecule has 0 bridgehead atoms. The third-order valence-electron chi connectivity index (χ3n) is 2.72. The van der Waals surface area contributed by atoms with E-state index in [0.29, 0.717) is 0 Å². The first-order chi connectivity index (χ1) is 7.41. The van der Waals surface area contributed by atoms with Gasteiger partial charge in [0.1, 0.15) is 0 Å². The van der Waals surface area contributed by atoms with E-state index in [-0.39, 0.29) is 0 Å². The molecule has 0 aromatic rings. The molecule has 0 aliphatic carbocycles. The third kappa shape index (κ3) is 13.7. The summed E-state index contributed by atoms with van der Waals surface area (Å²) in [4.78, 5) is 0. The quantitative estimate of drug-likeness (QED) is 0.397. The Morgan fingerprint density at radius 2 is 1.27 bits per heavy atom. The zero-order valence-electron chi connectivity index (χ0n) is 10.5. The lowest BCUT2D eigenvalue weighted by atomic mass is 10.1. The predicted octanol–water partition coefficient (Wildman–Crippen LogP) is 4.42. The van der Waals surface area contributed by atoms with Gasteiger partial charge < -0.3 is 5.73 Å². The average Bonchev–Trinajstić information content (AvgIpc) is 2.26. The number of nitrogens with two attached hydrogens (primary N) is 1. The second-order valence-electron chi connectivity index (χ2n) is 4.31. The Kier molecular flexibility index (Phi) is 13.4. The van der Waals surface area contributed by atoms with E-state index in [2.05, 4.69) is 19.1 Å². The van der Waals surface area contributed by atoms with Crippen molar-refractivity contribution in [3.8, 4) is 0 Å². The minimum absolute atomic E-state index is 0.861. The molecule has 1 heteroatoms. The predicted molar refractivity (Wildman–Crippen MR) is 70.0 cm³/mol. The van der Waals surface area contributed by atoms with Gasteiger partial charge in [0.05, 0.1) is 0 Å². The molecule has 0 aromatic heterocycles. The zero-order chi connectivity index (χ0) is 11.2. The second-order valence-corrected chi connectivity index (χ2v) is 4.31. The fourth-order valence-electron chi connectivity index (χ4n) is 1.67. The van der Waals surface area contributed by atoms with Crippen molar-refractivity contribution in [2.24, 2.45) is 5.73 Å². The van der Waals surface area contributed by atoms with Gasteiger partial charge in [0.25, 0.3) is 0 Å². The van der Waals surface area contributed by atoms with Crippen LogP contribution < -0.4 is 5.73 Å².